The number of carbonyl (C=O) groups is 1. The van der Waals surface area contributed by atoms with Gasteiger partial charge in [0, 0.05) is 26.3 Å². The Bertz CT molecular complexity index is 290. The summed E-state index contributed by atoms with van der Waals surface area (Å²) < 4.78 is 5.14. The van der Waals surface area contributed by atoms with Crippen LogP contribution in [0.5, 0.6) is 0 Å². The van der Waals surface area contributed by atoms with Crippen molar-refractivity contribution in [3.63, 3.8) is 0 Å². The van der Waals surface area contributed by atoms with Crippen molar-refractivity contribution < 1.29 is 9.53 Å². The van der Waals surface area contributed by atoms with Gasteiger partial charge < -0.3 is 15.4 Å². The van der Waals surface area contributed by atoms with E-state index in [0.717, 1.165) is 38.8 Å². The first kappa shape index (κ1) is 13.8. The molecular formula is C14H26N2O2. The summed E-state index contributed by atoms with van der Waals surface area (Å²) in [5.41, 5.74) is -0.132. The number of hydrogen-bond donors (Lipinski definition) is 2. The molecule has 1 aliphatic heterocycles. The van der Waals surface area contributed by atoms with E-state index in [1.54, 1.807) is 7.11 Å². The average Bonchev–Trinajstić information content (AvgIpc) is 2.31. The van der Waals surface area contributed by atoms with Gasteiger partial charge in [-0.1, -0.05) is 13.3 Å². The molecule has 104 valence electrons. The molecule has 2 rings (SSSR count). The molecule has 0 bridgehead atoms. The normalized spacial score (nSPS) is 30.6. The number of carbonyl (C=O) groups excluding carboxylic acids is 1. The van der Waals surface area contributed by atoms with Crippen molar-refractivity contribution in [1.82, 2.24) is 10.6 Å². The molecule has 0 spiro atoms. The third-order valence-corrected chi connectivity index (χ3v) is 4.72. The molecule has 4 heteroatoms. The van der Waals surface area contributed by atoms with Crippen LogP contribution < -0.4 is 10.6 Å². The molecule has 1 aliphatic carbocycles. The van der Waals surface area contributed by atoms with E-state index in [0.29, 0.717) is 18.6 Å². The van der Waals surface area contributed by atoms with Crippen LogP contribution in [0.25, 0.3) is 0 Å². The van der Waals surface area contributed by atoms with Gasteiger partial charge in [0.15, 0.2) is 0 Å². The van der Waals surface area contributed by atoms with E-state index in [2.05, 4.69) is 17.6 Å². The van der Waals surface area contributed by atoms with Gasteiger partial charge in [0.25, 0.3) is 0 Å². The van der Waals surface area contributed by atoms with E-state index < -0.39 is 0 Å². The van der Waals surface area contributed by atoms with Crippen LogP contribution in [0, 0.1) is 11.3 Å². The van der Waals surface area contributed by atoms with Gasteiger partial charge in [-0.25, -0.2) is 0 Å². The van der Waals surface area contributed by atoms with Crippen molar-refractivity contribution in [2.75, 3.05) is 26.8 Å². The largest absolute Gasteiger partial charge is 0.385 e. The topological polar surface area (TPSA) is 50.4 Å². The fourth-order valence-corrected chi connectivity index (χ4v) is 3.00. The highest BCUT2D eigenvalue weighted by Crippen LogP contribution is 2.44. The monoisotopic (exact) mass is 254 g/mol. The van der Waals surface area contributed by atoms with Crippen LogP contribution in [0.15, 0.2) is 0 Å². The van der Waals surface area contributed by atoms with Crippen molar-refractivity contribution in [2.45, 2.75) is 45.1 Å². The summed E-state index contributed by atoms with van der Waals surface area (Å²) in [4.78, 5) is 12.5. The molecule has 2 unspecified atom stereocenters. The van der Waals surface area contributed by atoms with Crippen LogP contribution in [0.4, 0.5) is 0 Å². The van der Waals surface area contributed by atoms with Crippen molar-refractivity contribution >= 4 is 5.91 Å². The smallest absolute Gasteiger partial charge is 0.226 e. The van der Waals surface area contributed by atoms with Gasteiger partial charge in [-0.15, -0.1) is 0 Å². The molecule has 18 heavy (non-hydrogen) atoms. The number of rotatable bonds is 5. The number of piperidine rings is 1. The zero-order chi connectivity index (χ0) is 13.0. The third-order valence-electron chi connectivity index (χ3n) is 4.72. The average molecular weight is 254 g/mol. The lowest BCUT2D eigenvalue weighted by Gasteiger charge is -2.42. The zero-order valence-electron chi connectivity index (χ0n) is 11.6. The van der Waals surface area contributed by atoms with Crippen LogP contribution in [-0.2, 0) is 9.53 Å². The molecule has 2 fully saturated rings. The highest BCUT2D eigenvalue weighted by atomic mass is 16.5. The number of methoxy groups -OCH3 is 1. The molecule has 0 aromatic heterocycles. The van der Waals surface area contributed by atoms with E-state index in [9.17, 15) is 4.79 Å². The van der Waals surface area contributed by atoms with Crippen LogP contribution >= 0.6 is 0 Å². The highest BCUT2D eigenvalue weighted by Gasteiger charge is 2.44. The number of amides is 1. The molecule has 1 amide bonds. The lowest BCUT2D eigenvalue weighted by molar-refractivity contribution is -0.138. The van der Waals surface area contributed by atoms with Gasteiger partial charge in [-0.05, 0) is 38.1 Å². The Kier molecular flexibility index (Phi) is 4.62. The summed E-state index contributed by atoms with van der Waals surface area (Å²) >= 11 is 0. The van der Waals surface area contributed by atoms with E-state index in [1.165, 1.54) is 6.42 Å². The second-order valence-corrected chi connectivity index (χ2v) is 5.93. The number of nitrogens with one attached hydrogen (secondary N) is 2. The highest BCUT2D eigenvalue weighted by molar-refractivity contribution is 5.83. The molecule has 4 nitrogen and oxygen atoms in total. The molecule has 0 aromatic carbocycles. The van der Waals surface area contributed by atoms with Crippen LogP contribution in [-0.4, -0.2) is 38.8 Å². The third kappa shape index (κ3) is 2.86. The van der Waals surface area contributed by atoms with Crippen molar-refractivity contribution in [2.24, 2.45) is 11.3 Å². The predicted molar refractivity (Wildman–Crippen MR) is 71.4 cm³/mol. The lowest BCUT2D eigenvalue weighted by Crippen LogP contribution is -2.55. The van der Waals surface area contributed by atoms with Gasteiger partial charge in [-0.3, -0.25) is 4.79 Å². The first-order valence-electron chi connectivity index (χ1n) is 7.18. The first-order chi connectivity index (χ1) is 8.68. The van der Waals surface area contributed by atoms with E-state index in [1.807, 2.05) is 0 Å². The van der Waals surface area contributed by atoms with E-state index >= 15 is 0 Å². The van der Waals surface area contributed by atoms with Gasteiger partial charge in [0.1, 0.15) is 0 Å². The Morgan fingerprint density at radius 3 is 2.83 bits per heavy atom. The fourth-order valence-electron chi connectivity index (χ4n) is 3.00. The lowest BCUT2D eigenvalue weighted by atomic mass is 9.66. The summed E-state index contributed by atoms with van der Waals surface area (Å²) in [5.74, 6) is 0.834. The second kappa shape index (κ2) is 6.02. The Balaban J connectivity index is 1.89. The van der Waals surface area contributed by atoms with Crippen LogP contribution in [0.3, 0.4) is 0 Å². The predicted octanol–water partition coefficient (Wildman–Crippen LogP) is 1.31. The van der Waals surface area contributed by atoms with Crippen molar-refractivity contribution in [3.8, 4) is 0 Å². The Morgan fingerprint density at radius 2 is 2.28 bits per heavy atom. The molecule has 2 atom stereocenters. The second-order valence-electron chi connectivity index (χ2n) is 5.93. The number of ether oxygens (including phenoxy) is 1. The maximum atomic E-state index is 12.5. The minimum absolute atomic E-state index is 0.132. The molecular weight excluding hydrogens is 228 g/mol. The van der Waals surface area contributed by atoms with Gasteiger partial charge in [0.2, 0.25) is 5.91 Å². The maximum Gasteiger partial charge on any atom is 0.226 e. The Morgan fingerprint density at radius 1 is 1.50 bits per heavy atom. The quantitative estimate of drug-likeness (QED) is 0.777. The summed E-state index contributed by atoms with van der Waals surface area (Å²) in [6.45, 7) is 4.90. The van der Waals surface area contributed by atoms with E-state index in [-0.39, 0.29) is 11.3 Å². The summed E-state index contributed by atoms with van der Waals surface area (Å²) in [6.07, 6.45) is 5.24. The maximum absolute atomic E-state index is 12.5. The standard InChI is InChI=1S/C14H26N2O2/c1-11-4-8-15-10-12(11)16-13(17)14(5-3-6-14)7-9-18-2/h11-12,15H,3-10H2,1-2H3,(H,16,17). The molecule has 2 aliphatic rings. The Labute approximate surface area is 110 Å². The van der Waals surface area contributed by atoms with Crippen molar-refractivity contribution in [3.05, 3.63) is 0 Å². The Hall–Kier alpha value is -0.610. The minimum atomic E-state index is -0.132. The molecule has 1 saturated heterocycles. The van der Waals surface area contributed by atoms with E-state index in [4.69, 9.17) is 4.74 Å². The molecule has 1 saturated carbocycles. The van der Waals surface area contributed by atoms with Crippen molar-refractivity contribution in [1.29, 1.82) is 0 Å². The van der Waals surface area contributed by atoms with Crippen LogP contribution in [0.1, 0.15) is 39.0 Å². The minimum Gasteiger partial charge on any atom is -0.385 e. The first-order valence-corrected chi connectivity index (χ1v) is 7.18. The fraction of sp³-hybridized carbons (Fsp3) is 0.929. The van der Waals surface area contributed by atoms with Gasteiger partial charge in [-0.2, -0.15) is 0 Å². The summed E-state index contributed by atoms with van der Waals surface area (Å²) in [6, 6.07) is 0.297. The summed E-state index contributed by atoms with van der Waals surface area (Å²) in [7, 11) is 1.71. The molecule has 0 radical (unpaired) electrons. The molecule has 1 heterocycles. The van der Waals surface area contributed by atoms with Crippen LogP contribution in [0.2, 0.25) is 0 Å². The molecule has 0 aromatic rings. The summed E-state index contributed by atoms with van der Waals surface area (Å²) in [5, 5.41) is 6.63. The SMILES string of the molecule is COCCC1(C(=O)NC2CNCCC2C)CCC1. The zero-order valence-corrected chi connectivity index (χ0v) is 11.6. The van der Waals surface area contributed by atoms with Gasteiger partial charge in [0.05, 0.1) is 5.41 Å². The molecule has 2 N–H and O–H groups in total. The van der Waals surface area contributed by atoms with Gasteiger partial charge >= 0.3 is 0 Å². The number of hydrogen-bond acceptors (Lipinski definition) is 3.